The predicted molar refractivity (Wildman–Crippen MR) is 92.6 cm³/mol. The van der Waals surface area contributed by atoms with Crippen LogP contribution in [-0.4, -0.2) is 25.5 Å². The van der Waals surface area contributed by atoms with Gasteiger partial charge in [-0.25, -0.2) is 0 Å². The van der Waals surface area contributed by atoms with Gasteiger partial charge in [-0.1, -0.05) is 11.6 Å². The van der Waals surface area contributed by atoms with Crippen LogP contribution in [0.15, 0.2) is 35.3 Å². The van der Waals surface area contributed by atoms with Gasteiger partial charge in [0.1, 0.15) is 5.75 Å². The number of aromatic hydroxyl groups is 1. The lowest BCUT2D eigenvalue weighted by Gasteiger charge is -2.07. The van der Waals surface area contributed by atoms with Crippen LogP contribution in [-0.2, 0) is 0 Å². The summed E-state index contributed by atoms with van der Waals surface area (Å²) in [5.74, 6) is 1.39. The van der Waals surface area contributed by atoms with Crippen LogP contribution in [0.25, 0.3) is 0 Å². The normalized spacial score (nSPS) is 10.9. The molecular formula is C15H13ClINO3. The van der Waals surface area contributed by atoms with Gasteiger partial charge in [-0.3, -0.25) is 4.99 Å². The van der Waals surface area contributed by atoms with Gasteiger partial charge in [-0.2, -0.15) is 0 Å². The molecule has 6 heteroatoms. The van der Waals surface area contributed by atoms with E-state index in [0.29, 0.717) is 31.3 Å². The van der Waals surface area contributed by atoms with E-state index >= 15 is 0 Å². The van der Waals surface area contributed by atoms with E-state index in [2.05, 4.69) is 4.99 Å². The van der Waals surface area contributed by atoms with Crippen LogP contribution in [0.3, 0.4) is 0 Å². The number of ether oxygens (including phenoxy) is 2. The first-order valence-electron chi connectivity index (χ1n) is 5.99. The lowest BCUT2D eigenvalue weighted by atomic mass is 10.2. The molecule has 0 aliphatic carbocycles. The van der Waals surface area contributed by atoms with Crippen molar-refractivity contribution in [1.82, 2.24) is 0 Å². The number of aliphatic imine (C=N–C) groups is 1. The Kier molecular flexibility index (Phi) is 5.30. The highest BCUT2D eigenvalue weighted by Gasteiger charge is 2.06. The number of nitrogens with zero attached hydrogens (tertiary/aromatic N) is 1. The first kappa shape index (κ1) is 15.9. The molecule has 0 aliphatic heterocycles. The van der Waals surface area contributed by atoms with Crippen LogP contribution in [0.4, 0.5) is 5.69 Å². The average molecular weight is 418 g/mol. The molecule has 2 aromatic rings. The van der Waals surface area contributed by atoms with Gasteiger partial charge in [-0.15, -0.1) is 0 Å². The fourth-order valence-electron chi connectivity index (χ4n) is 1.73. The van der Waals surface area contributed by atoms with Crippen LogP contribution < -0.4 is 9.47 Å². The summed E-state index contributed by atoms with van der Waals surface area (Å²) in [6, 6.07) is 8.66. The Hall–Kier alpha value is -1.47. The summed E-state index contributed by atoms with van der Waals surface area (Å²) in [6.07, 6.45) is 1.56. The van der Waals surface area contributed by atoms with E-state index < -0.39 is 0 Å². The molecule has 0 saturated carbocycles. The summed E-state index contributed by atoms with van der Waals surface area (Å²) in [4.78, 5) is 4.32. The first-order valence-corrected chi connectivity index (χ1v) is 7.45. The van der Waals surface area contributed by atoms with E-state index in [1.165, 1.54) is 0 Å². The van der Waals surface area contributed by atoms with Crippen molar-refractivity contribution < 1.29 is 14.6 Å². The van der Waals surface area contributed by atoms with Crippen LogP contribution >= 0.6 is 34.2 Å². The number of hydrogen-bond donors (Lipinski definition) is 1. The van der Waals surface area contributed by atoms with E-state index in [-0.39, 0.29) is 5.75 Å². The SMILES string of the molecule is COc1ccc(N=Cc2cc(Cl)cc(I)c2O)cc1OC. The smallest absolute Gasteiger partial charge is 0.162 e. The molecule has 1 N–H and O–H groups in total. The van der Waals surface area contributed by atoms with Gasteiger partial charge in [0, 0.05) is 22.9 Å². The quantitative estimate of drug-likeness (QED) is 0.592. The standard InChI is InChI=1S/C15H13ClINO3/c1-20-13-4-3-11(7-14(13)21-2)18-8-9-5-10(16)6-12(17)15(9)19/h3-8,19H,1-2H3. The fourth-order valence-corrected chi connectivity index (χ4v) is 2.79. The van der Waals surface area contributed by atoms with Crippen LogP contribution in [0.2, 0.25) is 5.02 Å². The maximum Gasteiger partial charge on any atom is 0.162 e. The largest absolute Gasteiger partial charge is 0.506 e. The molecular weight excluding hydrogens is 405 g/mol. The van der Waals surface area contributed by atoms with Gasteiger partial charge in [0.15, 0.2) is 11.5 Å². The molecule has 0 aromatic heterocycles. The van der Waals surface area contributed by atoms with Gasteiger partial charge in [0.25, 0.3) is 0 Å². The zero-order chi connectivity index (χ0) is 15.4. The molecule has 0 saturated heterocycles. The summed E-state index contributed by atoms with van der Waals surface area (Å²) < 4.78 is 11.1. The molecule has 2 rings (SSSR count). The minimum atomic E-state index is 0.157. The van der Waals surface area contributed by atoms with Gasteiger partial charge < -0.3 is 14.6 Å². The van der Waals surface area contributed by atoms with Crippen molar-refractivity contribution in [2.24, 2.45) is 4.99 Å². The number of halogens is 2. The molecule has 0 radical (unpaired) electrons. The second-order valence-electron chi connectivity index (χ2n) is 4.12. The number of rotatable bonds is 4. The van der Waals surface area contributed by atoms with Crippen molar-refractivity contribution in [2.45, 2.75) is 0 Å². The molecule has 21 heavy (non-hydrogen) atoms. The van der Waals surface area contributed by atoms with Crippen LogP contribution in [0.1, 0.15) is 5.56 Å². The van der Waals surface area contributed by atoms with Gasteiger partial charge >= 0.3 is 0 Å². The van der Waals surface area contributed by atoms with Crippen LogP contribution in [0, 0.1) is 3.57 Å². The summed E-state index contributed by atoms with van der Waals surface area (Å²) in [5, 5.41) is 10.5. The fraction of sp³-hybridized carbons (Fsp3) is 0.133. The Bertz CT molecular complexity index is 689. The zero-order valence-electron chi connectivity index (χ0n) is 11.4. The first-order chi connectivity index (χ1) is 10.0. The number of benzene rings is 2. The number of hydrogen-bond acceptors (Lipinski definition) is 4. The van der Waals surface area contributed by atoms with E-state index in [9.17, 15) is 5.11 Å². The molecule has 0 spiro atoms. The third-order valence-electron chi connectivity index (χ3n) is 2.78. The minimum absolute atomic E-state index is 0.157. The van der Waals surface area contributed by atoms with Gasteiger partial charge in [-0.05, 0) is 46.9 Å². The molecule has 0 aliphatic rings. The van der Waals surface area contributed by atoms with E-state index in [1.54, 1.807) is 50.8 Å². The second-order valence-corrected chi connectivity index (χ2v) is 5.72. The topological polar surface area (TPSA) is 51.0 Å². The van der Waals surface area contributed by atoms with E-state index in [1.807, 2.05) is 22.6 Å². The Balaban J connectivity index is 2.34. The van der Waals surface area contributed by atoms with Gasteiger partial charge in [0.05, 0.1) is 23.5 Å². The second kappa shape index (κ2) is 7.00. The molecule has 0 amide bonds. The highest BCUT2D eigenvalue weighted by molar-refractivity contribution is 14.1. The Morgan fingerprint density at radius 2 is 1.86 bits per heavy atom. The molecule has 0 atom stereocenters. The lowest BCUT2D eigenvalue weighted by molar-refractivity contribution is 0.355. The van der Waals surface area contributed by atoms with Crippen LogP contribution in [0.5, 0.6) is 17.2 Å². The van der Waals surface area contributed by atoms with E-state index in [0.717, 1.165) is 0 Å². The number of methoxy groups -OCH3 is 2. The van der Waals surface area contributed by atoms with Crippen molar-refractivity contribution in [1.29, 1.82) is 0 Å². The van der Waals surface area contributed by atoms with Crippen molar-refractivity contribution in [2.75, 3.05) is 14.2 Å². The molecule has 0 fully saturated rings. The summed E-state index contributed by atoms with van der Waals surface area (Å²) >= 11 is 7.99. The molecule has 0 unspecified atom stereocenters. The maximum absolute atomic E-state index is 9.98. The Morgan fingerprint density at radius 3 is 2.52 bits per heavy atom. The van der Waals surface area contributed by atoms with Gasteiger partial charge in [0.2, 0.25) is 0 Å². The molecule has 110 valence electrons. The lowest BCUT2D eigenvalue weighted by Crippen LogP contribution is -1.89. The molecule has 4 nitrogen and oxygen atoms in total. The minimum Gasteiger partial charge on any atom is -0.506 e. The summed E-state index contributed by atoms with van der Waals surface area (Å²) in [6.45, 7) is 0. The highest BCUT2D eigenvalue weighted by atomic mass is 127. The maximum atomic E-state index is 9.98. The third kappa shape index (κ3) is 3.79. The van der Waals surface area contributed by atoms with Crippen molar-refractivity contribution in [3.63, 3.8) is 0 Å². The highest BCUT2D eigenvalue weighted by Crippen LogP contribution is 2.32. The van der Waals surface area contributed by atoms with E-state index in [4.69, 9.17) is 21.1 Å². The third-order valence-corrected chi connectivity index (χ3v) is 3.82. The summed E-state index contributed by atoms with van der Waals surface area (Å²) in [7, 11) is 3.14. The van der Waals surface area contributed by atoms with Crippen molar-refractivity contribution in [3.8, 4) is 17.2 Å². The molecule has 2 aromatic carbocycles. The molecule has 0 bridgehead atoms. The van der Waals surface area contributed by atoms with Crippen molar-refractivity contribution in [3.05, 3.63) is 44.5 Å². The Morgan fingerprint density at radius 1 is 1.14 bits per heavy atom. The predicted octanol–water partition coefficient (Wildman–Crippen LogP) is 4.42. The zero-order valence-corrected chi connectivity index (χ0v) is 14.3. The summed E-state index contributed by atoms with van der Waals surface area (Å²) in [5.41, 5.74) is 1.24. The average Bonchev–Trinajstić information content (AvgIpc) is 2.49. The number of phenols is 1. The molecule has 0 heterocycles. The monoisotopic (exact) mass is 417 g/mol. The number of phenolic OH excluding ortho intramolecular Hbond substituents is 1. The van der Waals surface area contributed by atoms with Crippen molar-refractivity contribution >= 4 is 46.1 Å². The Labute approximate surface area is 141 Å².